The van der Waals surface area contributed by atoms with Crippen molar-refractivity contribution < 1.29 is 43.2 Å². The summed E-state index contributed by atoms with van der Waals surface area (Å²) in [6.45, 7) is 1.37. The van der Waals surface area contributed by atoms with Gasteiger partial charge in [-0.1, -0.05) is 66.7 Å². The molecule has 10 heteroatoms. The first kappa shape index (κ1) is 28.7. The molecule has 0 spiro atoms. The van der Waals surface area contributed by atoms with Crippen LogP contribution < -0.4 is 45.6 Å². The van der Waals surface area contributed by atoms with E-state index in [4.69, 9.17) is 20.5 Å². The lowest BCUT2D eigenvalue weighted by atomic mass is 10.0. The van der Waals surface area contributed by atoms with E-state index < -0.39 is 0 Å². The van der Waals surface area contributed by atoms with E-state index in [1.54, 1.807) is 0 Å². The van der Waals surface area contributed by atoms with Gasteiger partial charge >= 0.3 is 23.2 Å². The van der Waals surface area contributed by atoms with Crippen LogP contribution in [0.2, 0.25) is 0 Å². The number of nitrogens with two attached hydrogens (primary N) is 2. The third kappa shape index (κ3) is 6.70. The molecule has 38 heavy (non-hydrogen) atoms. The quantitative estimate of drug-likeness (QED) is 0.194. The van der Waals surface area contributed by atoms with Gasteiger partial charge in [0.15, 0.2) is 13.1 Å². The smallest absolute Gasteiger partial charge is 0.304 e. The van der Waals surface area contributed by atoms with Crippen molar-refractivity contribution in [3.8, 4) is 22.5 Å². The summed E-state index contributed by atoms with van der Waals surface area (Å²) in [4.78, 5) is 0. The monoisotopic (exact) mass is 552 g/mol. The van der Waals surface area contributed by atoms with Crippen molar-refractivity contribution in [1.29, 1.82) is 0 Å². The Balaban J connectivity index is 0.00000200. The van der Waals surface area contributed by atoms with Crippen molar-refractivity contribution >= 4 is 11.8 Å². The Hall–Kier alpha value is -3.88. The van der Waals surface area contributed by atoms with Crippen LogP contribution >= 0.6 is 0 Å². The van der Waals surface area contributed by atoms with Gasteiger partial charge in [-0.2, -0.15) is 0 Å². The van der Waals surface area contributed by atoms with Gasteiger partial charge in [0.25, 0.3) is 0 Å². The van der Waals surface area contributed by atoms with Gasteiger partial charge in [0, 0.05) is 12.8 Å². The highest BCUT2D eigenvalue weighted by molar-refractivity contribution is 5.74. The van der Waals surface area contributed by atoms with Crippen LogP contribution in [0.5, 0.6) is 0 Å². The number of halogens is 2. The molecule has 2 heterocycles. The van der Waals surface area contributed by atoms with Gasteiger partial charge in [0.05, 0.1) is 11.1 Å². The molecule has 0 saturated heterocycles. The normalized spacial score (nSPS) is 10.5. The van der Waals surface area contributed by atoms with E-state index in [9.17, 15) is 0 Å². The molecule has 0 amide bonds. The minimum absolute atomic E-state index is 0. The molecule has 0 aliphatic carbocycles. The molecule has 5 aromatic rings. The molecule has 0 radical (unpaired) electrons. The van der Waals surface area contributed by atoms with Gasteiger partial charge in [-0.05, 0) is 51.5 Å². The third-order valence-corrected chi connectivity index (χ3v) is 6.22. The molecule has 5 rings (SSSR count). The van der Waals surface area contributed by atoms with Gasteiger partial charge in [-0.25, -0.2) is 0 Å². The molecule has 4 N–H and O–H groups in total. The number of hydrogen-bond acceptors (Lipinski definition) is 6. The second kappa shape index (κ2) is 13.6. The average molecular weight is 553 g/mol. The zero-order chi connectivity index (χ0) is 24.7. The van der Waals surface area contributed by atoms with Crippen LogP contribution in [-0.4, -0.2) is 10.5 Å². The number of anilines is 2. The Morgan fingerprint density at radius 3 is 1.42 bits per heavy atom. The lowest BCUT2D eigenvalue weighted by Crippen LogP contribution is -3.00. The number of nitrogen functional groups attached to an aromatic ring is 2. The van der Waals surface area contributed by atoms with Crippen LogP contribution in [-0.2, 0) is 25.9 Å². The summed E-state index contributed by atoms with van der Waals surface area (Å²) in [5, 5.41) is 8.35. The number of benzene rings is 3. The molecule has 0 fully saturated rings. The highest BCUT2D eigenvalue weighted by Crippen LogP contribution is 2.28. The van der Waals surface area contributed by atoms with Crippen molar-refractivity contribution in [1.82, 2.24) is 10.5 Å². The van der Waals surface area contributed by atoms with Gasteiger partial charge in [0.1, 0.15) is 0 Å². The molecule has 3 aromatic carbocycles. The van der Waals surface area contributed by atoms with E-state index in [2.05, 4.69) is 59.1 Å². The van der Waals surface area contributed by atoms with E-state index in [-0.39, 0.29) is 36.6 Å². The predicted molar refractivity (Wildman–Crippen MR) is 136 cm³/mol. The molecule has 0 unspecified atom stereocenters. The van der Waals surface area contributed by atoms with E-state index in [1.807, 2.05) is 45.8 Å². The maximum absolute atomic E-state index is 6.20. The van der Waals surface area contributed by atoms with Crippen LogP contribution in [0.1, 0.15) is 24.0 Å². The van der Waals surface area contributed by atoms with Crippen molar-refractivity contribution in [3.63, 3.8) is 0 Å². The lowest BCUT2D eigenvalue weighted by molar-refractivity contribution is -0.753. The molecule has 0 bridgehead atoms. The van der Waals surface area contributed by atoms with Crippen LogP contribution in [0.3, 0.4) is 0 Å². The Labute approximate surface area is 234 Å². The van der Waals surface area contributed by atoms with Gasteiger partial charge in [0.2, 0.25) is 10.5 Å². The largest absolute Gasteiger partial charge is 1.00 e. The molecule has 2 aromatic heterocycles. The zero-order valence-corrected chi connectivity index (χ0v) is 22.4. The van der Waals surface area contributed by atoms with Gasteiger partial charge in [-0.15, -0.1) is 0 Å². The fourth-order valence-corrected chi connectivity index (χ4v) is 4.47. The van der Waals surface area contributed by atoms with Gasteiger partial charge in [-0.3, -0.25) is 9.05 Å². The molecular weight excluding hydrogens is 523 g/mol. The van der Waals surface area contributed by atoms with E-state index >= 15 is 0 Å². The summed E-state index contributed by atoms with van der Waals surface area (Å²) < 4.78 is 14.4. The van der Waals surface area contributed by atoms with Crippen LogP contribution in [0, 0.1) is 0 Å². The van der Waals surface area contributed by atoms with Gasteiger partial charge < -0.3 is 36.3 Å². The number of hydrogen-bond donors (Lipinski definition) is 2. The fourth-order valence-electron chi connectivity index (χ4n) is 4.47. The fraction of sp³-hybridized carbons (Fsp3) is 0.214. The summed E-state index contributed by atoms with van der Waals surface area (Å²) >= 11 is 0. The zero-order valence-electron chi connectivity index (χ0n) is 20.8. The van der Waals surface area contributed by atoms with Crippen LogP contribution in [0.15, 0.2) is 94.0 Å². The Bertz CT molecular complexity index is 1320. The summed E-state index contributed by atoms with van der Waals surface area (Å²) in [5.41, 5.74) is 18.2. The first-order valence-electron chi connectivity index (χ1n) is 12.2. The van der Waals surface area contributed by atoms with E-state index in [0.717, 1.165) is 48.2 Å². The highest BCUT2D eigenvalue weighted by Gasteiger charge is 2.28. The number of aromatic nitrogens is 4. The molecule has 8 nitrogen and oxygen atoms in total. The highest BCUT2D eigenvalue weighted by atomic mass is 35.5. The second-order valence-electron chi connectivity index (χ2n) is 8.78. The third-order valence-electron chi connectivity index (χ3n) is 6.22. The van der Waals surface area contributed by atoms with E-state index in [1.165, 1.54) is 11.1 Å². The first-order chi connectivity index (χ1) is 17.7. The van der Waals surface area contributed by atoms with Crippen LogP contribution in [0.25, 0.3) is 22.5 Å². The maximum Gasteiger partial charge on any atom is 0.304 e. The molecule has 0 aliphatic rings. The summed E-state index contributed by atoms with van der Waals surface area (Å²) in [5.74, 6) is 0.557. The second-order valence-corrected chi connectivity index (χ2v) is 8.78. The summed E-state index contributed by atoms with van der Waals surface area (Å²) in [7, 11) is 0. The number of rotatable bonds is 10. The molecular formula is C28H30Cl2N6O2. The Morgan fingerprint density at radius 2 is 1.00 bits per heavy atom. The minimum atomic E-state index is 0. The van der Waals surface area contributed by atoms with Crippen molar-refractivity contribution in [2.75, 3.05) is 11.5 Å². The van der Waals surface area contributed by atoms with Crippen molar-refractivity contribution in [3.05, 3.63) is 96.1 Å². The van der Waals surface area contributed by atoms with Crippen LogP contribution in [0.4, 0.5) is 11.8 Å². The number of nitrogens with zero attached hydrogens (tertiary/aromatic N) is 4. The molecule has 0 atom stereocenters. The predicted octanol–water partition coefficient (Wildman–Crippen LogP) is -1.99. The standard InChI is InChI=1S/C28H30N6O2.2ClH/c29-27-25(33(31-35-27)18-8-14-21-10-3-1-4-11-21)23-16-7-17-24(20-23)26-28(30)36-32-34(26)19-9-15-22-12-5-2-6-13-22;;/h1-7,10-13,16-17,20H,8-9,14-15,18-19,29-30H2;2*1H/q+2;;/p-2. The molecule has 0 saturated carbocycles. The average Bonchev–Trinajstić information content (AvgIpc) is 3.47. The lowest BCUT2D eigenvalue weighted by Gasteiger charge is -2.01. The first-order valence-corrected chi connectivity index (χ1v) is 12.2. The minimum Gasteiger partial charge on any atom is -1.00 e. The summed E-state index contributed by atoms with van der Waals surface area (Å²) in [6, 6.07) is 28.7. The van der Waals surface area contributed by atoms with Crippen molar-refractivity contribution in [2.45, 2.75) is 38.8 Å². The number of aryl methyl sites for hydroxylation is 4. The Morgan fingerprint density at radius 1 is 0.579 bits per heavy atom. The topological polar surface area (TPSA) is 112 Å². The SMILES string of the molecule is Nc1on[n+](CCCc2ccccc2)c1-c1cccc(-c2c(N)on[n+]2CCCc2ccccc2)c1.[Cl-].[Cl-]. The summed E-state index contributed by atoms with van der Waals surface area (Å²) in [6.07, 6.45) is 3.71. The Kier molecular flexibility index (Phi) is 10.3. The molecule has 198 valence electrons. The molecule has 0 aliphatic heterocycles. The van der Waals surface area contributed by atoms with E-state index in [0.29, 0.717) is 13.1 Å². The van der Waals surface area contributed by atoms with Crippen molar-refractivity contribution in [2.24, 2.45) is 0 Å². The maximum atomic E-state index is 6.20.